The summed E-state index contributed by atoms with van der Waals surface area (Å²) < 4.78 is 125. The summed E-state index contributed by atoms with van der Waals surface area (Å²) >= 11 is 0. The van der Waals surface area contributed by atoms with Crippen molar-refractivity contribution in [1.29, 1.82) is 0 Å². The molecule has 2 aliphatic carbocycles. The van der Waals surface area contributed by atoms with Crippen LogP contribution < -0.4 is 14.8 Å². The fraction of sp³-hybridized carbons (Fsp3) is 0.685. The van der Waals surface area contributed by atoms with Gasteiger partial charge in [-0.05, 0) is 142 Å². The number of carboxylic acids is 1. The number of amides is 4. The molecule has 31 nitrogen and oxygen atoms in total. The van der Waals surface area contributed by atoms with Crippen molar-refractivity contribution in [3.05, 3.63) is 132 Å². The molecule has 2 saturated carbocycles. The molecule has 2 unspecified atom stereocenters. The van der Waals surface area contributed by atoms with Crippen LogP contribution in [0.4, 0.5) is 4.39 Å². The summed E-state index contributed by atoms with van der Waals surface area (Å²) in [4.78, 5) is 122. The third-order valence-corrected chi connectivity index (χ3v) is 21.5. The number of hydrogen-bond acceptors (Lipinski definition) is 26. The zero-order valence-electron chi connectivity index (χ0n) is 90.1. The SMILES string of the molecule is C.C.C.C.C.C.C.CC(C)C(=O)N(C)S(=O)(=O)c1ccc(F)cc1.CC(C)C(=O)N1CCCCC1.CC(C)C(=O)NC1CCCC1OCc1ccccc1.CC(C)C(=O)NS(C)(=O)=O.CC(C)C(=O)O.CC(C)C(=O)OC1CCC1.CC(C)C(=O)OCc1ccccc1.CC(C)COS(C)(=O)=O.CCC(C)C.CCOC(=O)C(C)C.CCOC(=O)CC(C)C.COC(=O)C(C)C.COc1ccc(COC(=O)C(C)C)cc1. The highest BCUT2D eigenvalue weighted by Crippen LogP contribution is 2.26. The Morgan fingerprint density at radius 1 is 0.438 bits per heavy atom. The molecule has 1 heterocycles. The third-order valence-electron chi connectivity index (χ3n) is 18.6. The minimum Gasteiger partial charge on any atom is -0.497 e. The lowest BCUT2D eigenvalue weighted by atomic mass is 9.96. The number of methoxy groups -OCH3 is 2. The summed E-state index contributed by atoms with van der Waals surface area (Å²) in [5.41, 5.74) is 3.17. The summed E-state index contributed by atoms with van der Waals surface area (Å²) in [7, 11) is -6.26. The number of carbonyl (C=O) groups is 11. The van der Waals surface area contributed by atoms with Crippen molar-refractivity contribution in [2.45, 2.75) is 366 Å². The molecule has 2 atom stereocenters. The van der Waals surface area contributed by atoms with Crippen LogP contribution in [0.5, 0.6) is 5.75 Å². The van der Waals surface area contributed by atoms with Crippen LogP contribution in [0.1, 0.15) is 340 Å². The molecule has 4 amide bonds. The number of hydrogen-bond donors (Lipinski definition) is 3. The molecule has 3 fully saturated rings. The van der Waals surface area contributed by atoms with Gasteiger partial charge in [-0.2, -0.15) is 8.42 Å². The van der Waals surface area contributed by atoms with Crippen LogP contribution in [0.3, 0.4) is 0 Å². The molecule has 4 aromatic carbocycles. The molecular weight excluding hydrogens is 1940 g/mol. The fourth-order valence-corrected chi connectivity index (χ4v) is 11.9. The van der Waals surface area contributed by atoms with Crippen molar-refractivity contribution >= 4 is 95.6 Å². The number of carbonyl (C=O) groups excluding carboxylic acids is 10. The number of halogens is 1. The van der Waals surface area contributed by atoms with E-state index >= 15 is 0 Å². The fourth-order valence-electron chi connectivity index (χ4n) is 9.53. The van der Waals surface area contributed by atoms with Gasteiger partial charge in [0.15, 0.2) is 0 Å². The van der Waals surface area contributed by atoms with Gasteiger partial charge in [0.2, 0.25) is 33.7 Å². The molecule has 0 spiro atoms. The van der Waals surface area contributed by atoms with Crippen LogP contribution in [-0.2, 0) is 140 Å². The van der Waals surface area contributed by atoms with Crippen molar-refractivity contribution in [3.63, 3.8) is 0 Å². The molecule has 0 aromatic heterocycles. The Labute approximate surface area is 886 Å². The molecule has 0 radical (unpaired) electrons. The first-order chi connectivity index (χ1) is 64.4. The number of piperidine rings is 1. The van der Waals surface area contributed by atoms with E-state index in [-0.39, 0.29) is 183 Å². The second kappa shape index (κ2) is 94.0. The maximum atomic E-state index is 12.7. The van der Waals surface area contributed by atoms with E-state index in [1.165, 1.54) is 51.8 Å². The van der Waals surface area contributed by atoms with Gasteiger partial charge < -0.3 is 53.2 Å². The lowest BCUT2D eigenvalue weighted by Crippen LogP contribution is -2.42. The number of nitrogens with one attached hydrogen (secondary N) is 2. The van der Waals surface area contributed by atoms with Crippen LogP contribution in [0, 0.1) is 82.7 Å². The van der Waals surface area contributed by atoms with E-state index in [0.29, 0.717) is 55.6 Å². The van der Waals surface area contributed by atoms with Crippen molar-refractivity contribution in [2.75, 3.05) is 66.7 Å². The largest absolute Gasteiger partial charge is 0.497 e. The minimum absolute atomic E-state index is 0. The van der Waals surface area contributed by atoms with E-state index < -0.39 is 59.7 Å². The Hall–Kier alpha value is -9.45. The highest BCUT2D eigenvalue weighted by atomic mass is 32.2. The van der Waals surface area contributed by atoms with E-state index in [0.717, 1.165) is 105 Å². The second-order valence-corrected chi connectivity index (χ2v) is 42.4. The summed E-state index contributed by atoms with van der Waals surface area (Å²) in [6.07, 6.45) is 14.5. The summed E-state index contributed by atoms with van der Waals surface area (Å²) in [5.74, 6) is -1.00. The standard InChI is InChI=1S/C16H23NO2.C12H16O3.C11H14FNO3S.C11H14O2.C9H17NO.C8H14O2.C7H14O2.C6H12O2.C5H11NO3S.C5H12O3S.C5H10O2.C5H12.C4H8O2.7CH4/c1-12(2)16(18)17-14-9-6-10-15(14)19-11-13-7-4-3-5-8-13;1-9(2)12(13)15-8-10-4-6-11(14-3)7-5-10;1-8(2)11(14)13(3)17(15,16)10-6-4-9(12)5-7-10;1-9(2)11(12)13-8-10-6-4-3-5-7-10;1-8(2)9(11)10-6-4-3-5-7-10;1-6(2)8(9)10-7-4-3-5-7;1-4-9-7(8)5-6(2)3;1-4-8-6(7)5(2)3;1-4(2)5(7)6-10(3,8)9;1-5(2)4-8-9(3,6)7;1-4(2)5(6)7-3;1-4-5(2)3;1-3(2)4(5)6;;;;;;;/h3-5,7-8,12,14-15H,6,9-11H2,1-2H3,(H,17,18);4-7,9H,8H2,1-3H3;4-8H,1-3H3;3-7,9H,8H2,1-2H3;8H,3-7H2,1-2H3;6-7H,3-5H2,1-2H3;6H,4-5H2,1-3H3;5H,4H2,1-3H3;4H,1-3H3,(H,6,7);5H,4H2,1-3H3;4H,1-3H3;5H,4H2,1-3H3;3H,1-2H3,(H,5,6);7*1H4. The average Bonchev–Trinajstić information content (AvgIpc) is 0.921. The Morgan fingerprint density at radius 2 is 0.829 bits per heavy atom. The normalized spacial score (nSPS) is 12.8. The summed E-state index contributed by atoms with van der Waals surface area (Å²) in [6, 6.07) is 31.8. The van der Waals surface area contributed by atoms with Gasteiger partial charge in [-0.1, -0.05) is 318 Å². The predicted octanol–water partition coefficient (Wildman–Crippen LogP) is 23.9. The van der Waals surface area contributed by atoms with Gasteiger partial charge in [0.1, 0.15) is 30.9 Å². The molecule has 0 bridgehead atoms. The number of nitrogens with zero attached hydrogens (tertiary/aromatic N) is 2. The van der Waals surface area contributed by atoms with Crippen molar-refractivity contribution in [3.8, 4) is 5.75 Å². The number of sulfonamides is 2. The summed E-state index contributed by atoms with van der Waals surface area (Å²) in [6.45, 7) is 58.4. The van der Waals surface area contributed by atoms with Crippen LogP contribution in [0.2, 0.25) is 0 Å². The van der Waals surface area contributed by atoms with Gasteiger partial charge in [0, 0.05) is 50.2 Å². The van der Waals surface area contributed by atoms with Crippen molar-refractivity contribution < 1.29 is 130 Å². The number of benzene rings is 4. The first kappa shape index (κ1) is 164. The predicted molar refractivity (Wildman–Crippen MR) is 592 cm³/mol. The Kier molecular flexibility index (Phi) is 106. The molecule has 7 rings (SSSR count). The Bertz CT molecular complexity index is 4350. The first-order valence-electron chi connectivity index (χ1n) is 48.1. The van der Waals surface area contributed by atoms with E-state index in [1.54, 1.807) is 69.4 Å². The van der Waals surface area contributed by atoms with Gasteiger partial charge in [-0.3, -0.25) is 61.6 Å². The molecule has 3 aliphatic rings. The number of carboxylic acid groups (broad SMARTS) is 1. The van der Waals surface area contributed by atoms with Gasteiger partial charge in [0.05, 0.1) is 106 Å². The number of rotatable bonds is 31. The second-order valence-electron chi connectivity index (χ2n) is 37.1. The quantitative estimate of drug-likeness (QED) is 0.0239. The maximum absolute atomic E-state index is 12.7. The minimum atomic E-state index is -3.88. The maximum Gasteiger partial charge on any atom is 0.308 e. The molecule has 35 heteroatoms. The van der Waals surface area contributed by atoms with E-state index in [9.17, 15) is 82.4 Å². The molecule has 856 valence electrons. The number of esters is 6. The smallest absolute Gasteiger partial charge is 0.308 e. The summed E-state index contributed by atoms with van der Waals surface area (Å²) in [5, 5.41) is 11.1. The molecular formula is C111H205FN4O27S3. The zero-order valence-corrected chi connectivity index (χ0v) is 92.6. The van der Waals surface area contributed by atoms with Crippen LogP contribution in [0.25, 0.3) is 0 Å². The molecule has 1 saturated heterocycles. The van der Waals surface area contributed by atoms with Gasteiger partial charge >= 0.3 is 41.8 Å². The van der Waals surface area contributed by atoms with Gasteiger partial charge in [-0.25, -0.2) is 25.5 Å². The highest BCUT2D eigenvalue weighted by Gasteiger charge is 2.31. The molecule has 146 heavy (non-hydrogen) atoms. The lowest BCUT2D eigenvalue weighted by Gasteiger charge is -2.28. The van der Waals surface area contributed by atoms with E-state index in [2.05, 4.69) is 51.9 Å². The van der Waals surface area contributed by atoms with E-state index in [4.69, 9.17) is 33.5 Å². The van der Waals surface area contributed by atoms with Crippen LogP contribution in [-0.4, -0.2) is 190 Å². The third kappa shape index (κ3) is 93.1. The molecule has 1 aliphatic heterocycles. The molecule has 4 aromatic rings. The monoisotopic (exact) mass is 2140 g/mol. The topological polar surface area (TPSA) is 424 Å². The van der Waals surface area contributed by atoms with E-state index in [1.807, 2.05) is 200 Å². The van der Waals surface area contributed by atoms with Gasteiger partial charge in [-0.15, -0.1) is 0 Å². The Morgan fingerprint density at radius 3 is 1.12 bits per heavy atom. The first-order valence-corrected chi connectivity index (χ1v) is 53.2. The highest BCUT2D eigenvalue weighted by molar-refractivity contribution is 7.89. The van der Waals surface area contributed by atoms with Crippen molar-refractivity contribution in [1.82, 2.24) is 19.2 Å². The molecule has 3 N–H and O–H groups in total. The van der Waals surface area contributed by atoms with Gasteiger partial charge in [0.25, 0.3) is 20.1 Å². The number of ether oxygens (including phenoxy) is 8. The number of aliphatic carboxylic acids is 1. The zero-order chi connectivity index (χ0) is 109. The van der Waals surface area contributed by atoms with Crippen molar-refractivity contribution in [2.24, 2.45) is 76.9 Å². The number of likely N-dealkylation sites (tertiary alicyclic amines) is 1. The lowest BCUT2D eigenvalue weighted by molar-refractivity contribution is -0.157. The van der Waals surface area contributed by atoms with Crippen LogP contribution >= 0.6 is 0 Å². The van der Waals surface area contributed by atoms with Crippen LogP contribution in [0.15, 0.2) is 114 Å². The Balaban J connectivity index is -0.000000121. The average molecular weight is 2140 g/mol.